The van der Waals surface area contributed by atoms with Crippen LogP contribution in [0.3, 0.4) is 0 Å². The van der Waals surface area contributed by atoms with Gasteiger partial charge >= 0.3 is 0 Å². The van der Waals surface area contributed by atoms with E-state index in [9.17, 15) is 4.79 Å². The second kappa shape index (κ2) is 6.41. The van der Waals surface area contributed by atoms with Gasteiger partial charge in [-0.05, 0) is 36.4 Å². The molecule has 4 nitrogen and oxygen atoms in total. The third kappa shape index (κ3) is 3.73. The maximum absolute atomic E-state index is 11.7. The van der Waals surface area contributed by atoms with Crippen LogP contribution in [0, 0.1) is 0 Å². The highest BCUT2D eigenvalue weighted by Crippen LogP contribution is 2.19. The summed E-state index contributed by atoms with van der Waals surface area (Å²) >= 11 is 11.7. The Morgan fingerprint density at radius 3 is 2.50 bits per heavy atom. The SMILES string of the molecule is O=C(N/N=C\c1ccc(Cl)cc1Cl)c1ccc(O)cc1. The fourth-order valence-corrected chi connectivity index (χ4v) is 1.90. The molecule has 6 heteroatoms. The van der Waals surface area contributed by atoms with Gasteiger partial charge in [0.2, 0.25) is 0 Å². The summed E-state index contributed by atoms with van der Waals surface area (Å²) in [6, 6.07) is 10.8. The molecule has 0 radical (unpaired) electrons. The lowest BCUT2D eigenvalue weighted by molar-refractivity contribution is 0.0955. The summed E-state index contributed by atoms with van der Waals surface area (Å²) in [7, 11) is 0. The number of phenols is 1. The van der Waals surface area contributed by atoms with Crippen LogP contribution in [0.1, 0.15) is 15.9 Å². The molecular weight excluding hydrogens is 299 g/mol. The number of carbonyl (C=O) groups excluding carboxylic acids is 1. The number of hydrogen-bond donors (Lipinski definition) is 2. The van der Waals surface area contributed by atoms with Crippen molar-refractivity contribution in [2.75, 3.05) is 0 Å². The molecular formula is C14H10Cl2N2O2. The Kier molecular flexibility index (Phi) is 4.61. The molecule has 2 aromatic rings. The van der Waals surface area contributed by atoms with Crippen LogP contribution in [0.4, 0.5) is 0 Å². The van der Waals surface area contributed by atoms with E-state index in [0.29, 0.717) is 21.2 Å². The molecule has 1 amide bonds. The van der Waals surface area contributed by atoms with Crippen molar-refractivity contribution in [2.24, 2.45) is 5.10 Å². The van der Waals surface area contributed by atoms with Crippen molar-refractivity contribution >= 4 is 35.3 Å². The molecule has 0 aliphatic heterocycles. The summed E-state index contributed by atoms with van der Waals surface area (Å²) in [6.45, 7) is 0. The van der Waals surface area contributed by atoms with E-state index in [4.69, 9.17) is 28.3 Å². The Morgan fingerprint density at radius 2 is 1.85 bits per heavy atom. The Bertz CT molecular complexity index is 655. The maximum atomic E-state index is 11.7. The van der Waals surface area contributed by atoms with E-state index in [1.54, 1.807) is 18.2 Å². The highest BCUT2D eigenvalue weighted by Gasteiger charge is 2.03. The number of phenolic OH excluding ortho intramolecular Hbond substituents is 1. The standard InChI is InChI=1S/C14H10Cl2N2O2/c15-11-4-1-10(13(16)7-11)8-17-18-14(20)9-2-5-12(19)6-3-9/h1-8,19H,(H,18,20)/b17-8-. The number of hydrogen-bond acceptors (Lipinski definition) is 3. The Morgan fingerprint density at radius 1 is 1.15 bits per heavy atom. The average molecular weight is 309 g/mol. The number of amides is 1. The zero-order valence-corrected chi connectivity index (χ0v) is 11.7. The zero-order chi connectivity index (χ0) is 14.5. The topological polar surface area (TPSA) is 61.7 Å². The number of hydrazone groups is 1. The van der Waals surface area contributed by atoms with Crippen molar-refractivity contribution in [3.05, 3.63) is 63.6 Å². The molecule has 0 spiro atoms. The highest BCUT2D eigenvalue weighted by atomic mass is 35.5. The van der Waals surface area contributed by atoms with E-state index >= 15 is 0 Å². The normalized spacial score (nSPS) is 10.7. The maximum Gasteiger partial charge on any atom is 0.271 e. The first-order valence-corrected chi connectivity index (χ1v) is 6.39. The molecule has 0 unspecified atom stereocenters. The molecule has 0 atom stereocenters. The van der Waals surface area contributed by atoms with Gasteiger partial charge in [-0.25, -0.2) is 5.43 Å². The number of carbonyl (C=O) groups is 1. The van der Waals surface area contributed by atoms with Crippen molar-refractivity contribution in [3.8, 4) is 5.75 Å². The minimum absolute atomic E-state index is 0.0954. The Labute approximate surface area is 125 Å². The monoisotopic (exact) mass is 308 g/mol. The van der Waals surface area contributed by atoms with Gasteiger partial charge < -0.3 is 5.11 Å². The van der Waals surface area contributed by atoms with E-state index in [-0.39, 0.29) is 11.7 Å². The fraction of sp³-hybridized carbons (Fsp3) is 0. The molecule has 2 N–H and O–H groups in total. The predicted octanol–water partition coefficient (Wildman–Crippen LogP) is 3.46. The van der Waals surface area contributed by atoms with E-state index in [0.717, 1.165) is 0 Å². The van der Waals surface area contributed by atoms with Crippen molar-refractivity contribution in [3.63, 3.8) is 0 Å². The second-order valence-electron chi connectivity index (χ2n) is 3.91. The largest absolute Gasteiger partial charge is 0.508 e. The minimum atomic E-state index is -0.383. The van der Waals surface area contributed by atoms with Crippen LogP contribution in [0.25, 0.3) is 0 Å². The smallest absolute Gasteiger partial charge is 0.271 e. The molecule has 0 aliphatic rings. The lowest BCUT2D eigenvalue weighted by Gasteiger charge is -2.01. The quantitative estimate of drug-likeness (QED) is 0.674. The van der Waals surface area contributed by atoms with Gasteiger partial charge in [-0.2, -0.15) is 5.10 Å². The molecule has 102 valence electrons. The summed E-state index contributed by atoms with van der Waals surface area (Å²) in [5, 5.41) is 13.9. The number of nitrogens with one attached hydrogen (secondary N) is 1. The van der Waals surface area contributed by atoms with Crippen molar-refractivity contribution in [1.29, 1.82) is 0 Å². The summed E-state index contributed by atoms with van der Waals surface area (Å²) in [6.07, 6.45) is 1.43. The molecule has 0 heterocycles. The number of nitrogens with zero attached hydrogens (tertiary/aromatic N) is 1. The molecule has 0 bridgehead atoms. The van der Waals surface area contributed by atoms with Crippen LogP contribution >= 0.6 is 23.2 Å². The Hall–Kier alpha value is -2.04. The van der Waals surface area contributed by atoms with Gasteiger partial charge in [0, 0.05) is 16.1 Å². The molecule has 20 heavy (non-hydrogen) atoms. The Balaban J connectivity index is 2.02. The lowest BCUT2D eigenvalue weighted by Crippen LogP contribution is -2.17. The highest BCUT2D eigenvalue weighted by molar-refractivity contribution is 6.36. The van der Waals surface area contributed by atoms with Crippen LogP contribution in [0.2, 0.25) is 10.0 Å². The second-order valence-corrected chi connectivity index (χ2v) is 4.76. The van der Waals surface area contributed by atoms with E-state index in [1.165, 1.54) is 30.5 Å². The third-order valence-corrected chi connectivity index (χ3v) is 3.02. The first-order chi connectivity index (χ1) is 9.56. The first-order valence-electron chi connectivity index (χ1n) is 5.64. The van der Waals surface area contributed by atoms with Gasteiger partial charge in [0.25, 0.3) is 5.91 Å². The molecule has 0 fully saturated rings. The van der Waals surface area contributed by atoms with E-state index < -0.39 is 0 Å². The summed E-state index contributed by atoms with van der Waals surface area (Å²) in [5.74, 6) is -0.288. The van der Waals surface area contributed by atoms with Crippen molar-refractivity contribution in [1.82, 2.24) is 5.43 Å². The molecule has 2 aromatic carbocycles. The van der Waals surface area contributed by atoms with E-state index in [1.807, 2.05) is 0 Å². The summed E-state index contributed by atoms with van der Waals surface area (Å²) in [5.41, 5.74) is 3.40. The zero-order valence-electron chi connectivity index (χ0n) is 10.2. The predicted molar refractivity (Wildman–Crippen MR) is 79.6 cm³/mol. The van der Waals surface area contributed by atoms with Gasteiger partial charge in [0.15, 0.2) is 0 Å². The van der Waals surface area contributed by atoms with Gasteiger partial charge in [0.1, 0.15) is 5.75 Å². The fourth-order valence-electron chi connectivity index (χ4n) is 1.44. The van der Waals surface area contributed by atoms with Crippen molar-refractivity contribution < 1.29 is 9.90 Å². The van der Waals surface area contributed by atoms with Crippen LogP contribution in [0.5, 0.6) is 5.75 Å². The average Bonchev–Trinajstić information content (AvgIpc) is 2.42. The number of halogens is 2. The van der Waals surface area contributed by atoms with E-state index in [2.05, 4.69) is 10.5 Å². The van der Waals surface area contributed by atoms with Gasteiger partial charge in [-0.3, -0.25) is 4.79 Å². The van der Waals surface area contributed by atoms with Crippen LogP contribution in [-0.2, 0) is 0 Å². The number of aromatic hydroxyl groups is 1. The van der Waals surface area contributed by atoms with Gasteiger partial charge in [-0.1, -0.05) is 29.3 Å². The number of benzene rings is 2. The van der Waals surface area contributed by atoms with Crippen LogP contribution in [-0.4, -0.2) is 17.2 Å². The molecule has 0 aliphatic carbocycles. The molecule has 0 saturated heterocycles. The lowest BCUT2D eigenvalue weighted by atomic mass is 10.2. The van der Waals surface area contributed by atoms with Gasteiger partial charge in [0.05, 0.1) is 11.2 Å². The summed E-state index contributed by atoms with van der Waals surface area (Å²) in [4.78, 5) is 11.7. The molecule has 0 saturated carbocycles. The minimum Gasteiger partial charge on any atom is -0.508 e. The number of rotatable bonds is 3. The third-order valence-electron chi connectivity index (χ3n) is 2.46. The molecule has 2 rings (SSSR count). The summed E-state index contributed by atoms with van der Waals surface area (Å²) < 4.78 is 0. The first kappa shape index (κ1) is 14.4. The van der Waals surface area contributed by atoms with Crippen molar-refractivity contribution in [2.45, 2.75) is 0 Å². The van der Waals surface area contributed by atoms with Crippen LogP contribution in [0.15, 0.2) is 47.6 Å². The van der Waals surface area contributed by atoms with Gasteiger partial charge in [-0.15, -0.1) is 0 Å². The van der Waals surface area contributed by atoms with Crippen LogP contribution < -0.4 is 5.43 Å². The molecule has 0 aromatic heterocycles.